The summed E-state index contributed by atoms with van der Waals surface area (Å²) in [7, 11) is -4.51. The summed E-state index contributed by atoms with van der Waals surface area (Å²) in [6, 6.07) is 16.4. The van der Waals surface area contributed by atoms with Crippen molar-refractivity contribution in [2.75, 3.05) is 0 Å². The quantitative estimate of drug-likeness (QED) is 0.355. The predicted molar refractivity (Wildman–Crippen MR) is 143 cm³/mol. The topological polar surface area (TPSA) is 112 Å². The van der Waals surface area contributed by atoms with Crippen molar-refractivity contribution in [3.05, 3.63) is 123 Å². The molecule has 3 aromatic rings. The fourth-order valence-corrected chi connectivity index (χ4v) is 6.07. The number of carboxylic acid groups (broad SMARTS) is 1. The molecule has 40 heavy (non-hydrogen) atoms. The van der Waals surface area contributed by atoms with E-state index in [0.29, 0.717) is 12.1 Å². The molecule has 0 spiro atoms. The third-order valence-corrected chi connectivity index (χ3v) is 8.02. The Labute approximate surface area is 227 Å². The van der Waals surface area contributed by atoms with Crippen LogP contribution in [0.15, 0.2) is 83.0 Å². The summed E-state index contributed by atoms with van der Waals surface area (Å²) < 4.78 is 69.1. The van der Waals surface area contributed by atoms with E-state index >= 15 is 0 Å². The standard InChI is InChI=1S/C29H18F3N3O4S/c1-16-4-8-18(9-5-16)26-22(15-33)24(35-20-12-13-21(28(36)37)23(14-20)29(30,31)32)25(34-3)27(40(26,38)39)19-10-6-17(2)7-11-19/h4-14H,1-2H3,(H,36,37). The van der Waals surface area contributed by atoms with E-state index < -0.39 is 65.6 Å². The minimum atomic E-state index is -5.05. The van der Waals surface area contributed by atoms with Crippen LogP contribution < -0.4 is 0 Å². The lowest BCUT2D eigenvalue weighted by Gasteiger charge is -2.23. The molecule has 11 heteroatoms. The van der Waals surface area contributed by atoms with Crippen molar-refractivity contribution in [2.24, 2.45) is 4.99 Å². The highest BCUT2D eigenvalue weighted by Gasteiger charge is 2.41. The van der Waals surface area contributed by atoms with Gasteiger partial charge >= 0.3 is 12.1 Å². The molecule has 4 rings (SSSR count). The van der Waals surface area contributed by atoms with Gasteiger partial charge in [0.1, 0.15) is 6.07 Å². The Kier molecular flexibility index (Phi) is 7.20. The van der Waals surface area contributed by atoms with E-state index in [1.54, 1.807) is 44.2 Å². The molecule has 0 saturated carbocycles. The largest absolute Gasteiger partial charge is 0.478 e. The molecule has 1 aliphatic heterocycles. The van der Waals surface area contributed by atoms with Gasteiger partial charge in [0, 0.05) is 0 Å². The summed E-state index contributed by atoms with van der Waals surface area (Å²) in [6.45, 7) is 11.4. The third-order valence-electron chi connectivity index (χ3n) is 6.07. The Hall–Kier alpha value is -5.00. The monoisotopic (exact) mass is 561 g/mol. The van der Waals surface area contributed by atoms with Crippen molar-refractivity contribution in [2.45, 2.75) is 20.0 Å². The van der Waals surface area contributed by atoms with Crippen LogP contribution in [0.5, 0.6) is 0 Å². The minimum absolute atomic E-state index is 0.126. The second-order valence-corrected chi connectivity index (χ2v) is 10.7. The summed E-state index contributed by atoms with van der Waals surface area (Å²) in [6.07, 6.45) is -5.05. The van der Waals surface area contributed by atoms with Crippen molar-refractivity contribution in [1.29, 1.82) is 5.26 Å². The highest BCUT2D eigenvalue weighted by atomic mass is 32.2. The van der Waals surface area contributed by atoms with Gasteiger partial charge in [0.2, 0.25) is 5.70 Å². The molecule has 3 aromatic carbocycles. The average Bonchev–Trinajstić information content (AvgIpc) is 2.89. The Morgan fingerprint density at radius 3 is 1.93 bits per heavy atom. The molecule has 0 unspecified atom stereocenters. The summed E-state index contributed by atoms with van der Waals surface area (Å²) in [5, 5.41) is 19.3. The molecule has 0 bridgehead atoms. The van der Waals surface area contributed by atoms with Gasteiger partial charge in [-0.15, -0.1) is 0 Å². The number of aliphatic imine (C=N–C) groups is 1. The van der Waals surface area contributed by atoms with Crippen LogP contribution in [0.3, 0.4) is 0 Å². The summed E-state index contributed by atoms with van der Waals surface area (Å²) in [4.78, 5) is 18.0. The second kappa shape index (κ2) is 10.3. The molecule has 7 nitrogen and oxygen atoms in total. The number of hydrogen-bond donors (Lipinski definition) is 1. The number of aryl methyl sites for hydroxylation is 2. The zero-order valence-corrected chi connectivity index (χ0v) is 21.7. The Morgan fingerprint density at radius 1 is 0.950 bits per heavy atom. The molecule has 0 aromatic heterocycles. The van der Waals surface area contributed by atoms with E-state index in [2.05, 4.69) is 9.84 Å². The van der Waals surface area contributed by atoms with Crippen molar-refractivity contribution < 1.29 is 31.5 Å². The summed E-state index contributed by atoms with van der Waals surface area (Å²) in [5.74, 6) is -1.81. The van der Waals surface area contributed by atoms with Gasteiger partial charge < -0.3 is 5.11 Å². The number of benzene rings is 3. The summed E-state index contributed by atoms with van der Waals surface area (Å²) in [5.41, 5.74) is -2.58. The number of alkyl halides is 3. The van der Waals surface area contributed by atoms with Crippen LogP contribution in [0, 0.1) is 31.8 Å². The van der Waals surface area contributed by atoms with Crippen LogP contribution in [-0.2, 0) is 16.0 Å². The maximum atomic E-state index is 14.0. The van der Waals surface area contributed by atoms with Gasteiger partial charge in [0.15, 0.2) is 9.84 Å². The molecule has 0 aliphatic carbocycles. The van der Waals surface area contributed by atoms with Crippen molar-refractivity contribution >= 4 is 37.0 Å². The van der Waals surface area contributed by atoms with E-state index in [0.717, 1.165) is 17.2 Å². The molecule has 0 radical (unpaired) electrons. The molecule has 0 atom stereocenters. The number of hydrogen-bond acceptors (Lipinski definition) is 5. The van der Waals surface area contributed by atoms with E-state index in [1.165, 1.54) is 24.3 Å². The normalized spacial score (nSPS) is 16.0. The SMILES string of the molecule is [C-]#[N+]C1=C(c2ccc(C)cc2)S(=O)(=O)C(c2ccc(C)cc2)=C(C#N)C1=Nc1ccc(C(=O)O)c(C(F)(F)F)c1. The molecule has 1 aliphatic rings. The molecule has 0 amide bonds. The Morgan fingerprint density at radius 2 is 1.48 bits per heavy atom. The smallest absolute Gasteiger partial charge is 0.417 e. The number of carbonyl (C=O) groups is 1. The predicted octanol–water partition coefficient (Wildman–Crippen LogP) is 6.74. The molecule has 1 N–H and O–H groups in total. The average molecular weight is 562 g/mol. The van der Waals surface area contributed by atoms with Crippen molar-refractivity contribution in [1.82, 2.24) is 0 Å². The summed E-state index contributed by atoms with van der Waals surface area (Å²) >= 11 is 0. The maximum Gasteiger partial charge on any atom is 0.417 e. The Bertz CT molecular complexity index is 1750. The zero-order valence-electron chi connectivity index (χ0n) is 20.9. The van der Waals surface area contributed by atoms with Crippen LogP contribution in [-0.4, -0.2) is 25.2 Å². The molecule has 0 fully saturated rings. The lowest BCUT2D eigenvalue weighted by Crippen LogP contribution is -2.21. The van der Waals surface area contributed by atoms with Gasteiger partial charge in [-0.25, -0.2) is 18.1 Å². The van der Waals surface area contributed by atoms with Crippen LogP contribution in [0.1, 0.15) is 38.2 Å². The number of halogens is 3. The maximum absolute atomic E-state index is 14.0. The fraction of sp³-hybridized carbons (Fsp3) is 0.103. The van der Waals surface area contributed by atoms with Gasteiger partial charge in [-0.05, 0) is 43.2 Å². The fourth-order valence-electron chi connectivity index (χ4n) is 4.17. The molecular weight excluding hydrogens is 543 g/mol. The number of sulfone groups is 1. The first-order chi connectivity index (χ1) is 18.8. The van der Waals surface area contributed by atoms with Gasteiger partial charge in [0.05, 0.1) is 44.5 Å². The van der Waals surface area contributed by atoms with Crippen molar-refractivity contribution in [3.63, 3.8) is 0 Å². The van der Waals surface area contributed by atoms with Crippen LogP contribution in [0.2, 0.25) is 0 Å². The lowest BCUT2D eigenvalue weighted by atomic mass is 10.0. The number of nitrogens with zero attached hydrogens (tertiary/aromatic N) is 3. The zero-order chi connectivity index (χ0) is 29.4. The third kappa shape index (κ3) is 5.03. The minimum Gasteiger partial charge on any atom is -0.478 e. The highest BCUT2D eigenvalue weighted by molar-refractivity contribution is 8.09. The lowest BCUT2D eigenvalue weighted by molar-refractivity contribution is -0.138. The van der Waals surface area contributed by atoms with Crippen LogP contribution in [0.25, 0.3) is 14.7 Å². The molecule has 1 heterocycles. The van der Waals surface area contributed by atoms with E-state index in [4.69, 9.17) is 6.57 Å². The highest BCUT2D eigenvalue weighted by Crippen LogP contribution is 2.44. The molecule has 200 valence electrons. The van der Waals surface area contributed by atoms with E-state index in [-0.39, 0.29) is 11.1 Å². The van der Waals surface area contributed by atoms with Gasteiger partial charge in [-0.2, -0.15) is 18.4 Å². The van der Waals surface area contributed by atoms with Crippen LogP contribution >= 0.6 is 0 Å². The molecular formula is C29H18F3N3O4S. The number of rotatable bonds is 4. The van der Waals surface area contributed by atoms with Gasteiger partial charge in [-0.3, -0.25) is 4.99 Å². The Balaban J connectivity index is 2.14. The van der Waals surface area contributed by atoms with Gasteiger partial charge in [0.25, 0.3) is 0 Å². The van der Waals surface area contributed by atoms with E-state index in [1.807, 2.05) is 0 Å². The van der Waals surface area contributed by atoms with Gasteiger partial charge in [-0.1, -0.05) is 59.7 Å². The molecule has 0 saturated heterocycles. The van der Waals surface area contributed by atoms with E-state index in [9.17, 15) is 36.8 Å². The number of carboxylic acids is 1. The first-order valence-electron chi connectivity index (χ1n) is 11.5. The number of nitriles is 1. The number of allylic oxidation sites excluding steroid dienone is 1. The van der Waals surface area contributed by atoms with Crippen LogP contribution in [0.4, 0.5) is 18.9 Å². The second-order valence-electron chi connectivity index (χ2n) is 8.83. The first kappa shape index (κ1) is 28.0. The first-order valence-corrected chi connectivity index (χ1v) is 13.0. The number of aromatic carboxylic acids is 1. The van der Waals surface area contributed by atoms with Crippen molar-refractivity contribution in [3.8, 4) is 6.07 Å².